The maximum Gasteiger partial charge on any atom is 0.319 e. The van der Waals surface area contributed by atoms with Gasteiger partial charge in [0.15, 0.2) is 5.16 Å². The highest BCUT2D eigenvalue weighted by molar-refractivity contribution is 7.99. The van der Waals surface area contributed by atoms with Crippen LogP contribution in [0.2, 0.25) is 0 Å². The van der Waals surface area contributed by atoms with Crippen molar-refractivity contribution in [2.24, 2.45) is 0 Å². The Kier molecular flexibility index (Phi) is 7.08. The van der Waals surface area contributed by atoms with Crippen LogP contribution in [0.4, 0.5) is 10.5 Å². The van der Waals surface area contributed by atoms with Gasteiger partial charge in [-0.1, -0.05) is 12.1 Å². The summed E-state index contributed by atoms with van der Waals surface area (Å²) in [4.78, 5) is 21.7. The van der Waals surface area contributed by atoms with Crippen LogP contribution in [0.15, 0.2) is 71.0 Å². The van der Waals surface area contributed by atoms with Gasteiger partial charge in [0.25, 0.3) is 0 Å². The molecule has 3 rings (SSSR count). The Labute approximate surface area is 175 Å². The van der Waals surface area contributed by atoms with E-state index in [9.17, 15) is 4.79 Å². The maximum absolute atomic E-state index is 12.3. The molecule has 29 heavy (non-hydrogen) atoms. The molecule has 7 heteroatoms. The van der Waals surface area contributed by atoms with E-state index in [2.05, 4.69) is 20.6 Å². The predicted molar refractivity (Wildman–Crippen MR) is 115 cm³/mol. The number of anilines is 1. The van der Waals surface area contributed by atoms with Gasteiger partial charge in [-0.2, -0.15) is 0 Å². The van der Waals surface area contributed by atoms with Gasteiger partial charge in [0, 0.05) is 29.5 Å². The Bertz CT molecular complexity index is 964. The number of nitrogens with zero attached hydrogens (tertiary/aromatic N) is 2. The molecule has 0 unspecified atom stereocenters. The predicted octanol–water partition coefficient (Wildman–Crippen LogP) is 5.05. The standard InChI is InChI=1S/C22H24N4O2S/c1-15(2)28-18-7-4-6-17(13-18)14-25-21(27)26-20-9-8-19(12-16(20)3)29-22-23-10-5-11-24-22/h4-13,15H,14H2,1-3H3,(H2,25,26,27). The van der Waals surface area contributed by atoms with Crippen molar-refractivity contribution < 1.29 is 9.53 Å². The number of nitrogens with one attached hydrogen (secondary N) is 2. The fraction of sp³-hybridized carbons (Fsp3) is 0.227. The zero-order valence-corrected chi connectivity index (χ0v) is 17.5. The van der Waals surface area contributed by atoms with Crippen LogP contribution in [-0.4, -0.2) is 22.1 Å². The summed E-state index contributed by atoms with van der Waals surface area (Å²) in [5, 5.41) is 6.46. The van der Waals surface area contributed by atoms with E-state index in [-0.39, 0.29) is 12.1 Å². The van der Waals surface area contributed by atoms with Gasteiger partial charge >= 0.3 is 6.03 Å². The lowest BCUT2D eigenvalue weighted by Crippen LogP contribution is -2.28. The fourth-order valence-electron chi connectivity index (χ4n) is 2.63. The number of ether oxygens (including phenoxy) is 1. The van der Waals surface area contributed by atoms with Crippen LogP contribution in [-0.2, 0) is 6.54 Å². The Balaban J connectivity index is 1.55. The molecule has 1 heterocycles. The molecule has 0 atom stereocenters. The Hall–Kier alpha value is -3.06. The number of rotatable bonds is 7. The molecule has 0 radical (unpaired) electrons. The van der Waals surface area contributed by atoms with E-state index >= 15 is 0 Å². The highest BCUT2D eigenvalue weighted by Crippen LogP contribution is 2.27. The fourth-order valence-corrected chi connectivity index (χ4v) is 3.44. The molecule has 6 nitrogen and oxygen atoms in total. The largest absolute Gasteiger partial charge is 0.491 e. The SMILES string of the molecule is Cc1cc(Sc2ncccn2)ccc1NC(=O)NCc1cccc(OC(C)C)c1. The first-order valence-corrected chi connectivity index (χ1v) is 10.2. The average molecular weight is 409 g/mol. The van der Waals surface area contributed by atoms with Gasteiger partial charge in [-0.25, -0.2) is 14.8 Å². The monoisotopic (exact) mass is 408 g/mol. The van der Waals surface area contributed by atoms with Crippen LogP contribution in [0.3, 0.4) is 0 Å². The van der Waals surface area contributed by atoms with Gasteiger partial charge in [-0.05, 0) is 80.1 Å². The molecule has 150 valence electrons. The lowest BCUT2D eigenvalue weighted by molar-refractivity contribution is 0.242. The molecule has 0 spiro atoms. The highest BCUT2D eigenvalue weighted by atomic mass is 32.2. The lowest BCUT2D eigenvalue weighted by atomic mass is 10.2. The second-order valence-electron chi connectivity index (χ2n) is 6.73. The number of carbonyl (C=O) groups is 1. The first-order chi connectivity index (χ1) is 14.0. The van der Waals surface area contributed by atoms with Crippen LogP contribution >= 0.6 is 11.8 Å². The highest BCUT2D eigenvalue weighted by Gasteiger charge is 2.07. The zero-order valence-electron chi connectivity index (χ0n) is 16.7. The van der Waals surface area contributed by atoms with E-state index in [0.29, 0.717) is 11.7 Å². The number of carbonyl (C=O) groups excluding carboxylic acids is 1. The summed E-state index contributed by atoms with van der Waals surface area (Å²) >= 11 is 1.48. The van der Waals surface area contributed by atoms with Crippen molar-refractivity contribution in [1.82, 2.24) is 15.3 Å². The number of benzene rings is 2. The molecule has 3 aromatic rings. The van der Waals surface area contributed by atoms with Gasteiger partial charge in [-0.3, -0.25) is 0 Å². The van der Waals surface area contributed by atoms with Crippen molar-refractivity contribution in [3.8, 4) is 5.75 Å². The molecular weight excluding hydrogens is 384 g/mol. The lowest BCUT2D eigenvalue weighted by Gasteiger charge is -2.13. The van der Waals surface area contributed by atoms with Crippen LogP contribution < -0.4 is 15.4 Å². The molecule has 2 amide bonds. The molecule has 0 aliphatic carbocycles. The van der Waals surface area contributed by atoms with E-state index in [4.69, 9.17) is 4.74 Å². The van der Waals surface area contributed by atoms with Crippen molar-refractivity contribution in [2.45, 2.75) is 43.5 Å². The molecule has 1 aromatic heterocycles. The maximum atomic E-state index is 12.3. The number of urea groups is 1. The van der Waals surface area contributed by atoms with E-state index in [0.717, 1.165) is 27.5 Å². The molecule has 0 saturated carbocycles. The quantitative estimate of drug-likeness (QED) is 0.535. The first kappa shape index (κ1) is 20.7. The first-order valence-electron chi connectivity index (χ1n) is 9.35. The molecule has 2 aromatic carbocycles. The number of amides is 2. The second-order valence-corrected chi connectivity index (χ2v) is 7.77. The van der Waals surface area contributed by atoms with Gasteiger partial charge in [-0.15, -0.1) is 0 Å². The summed E-state index contributed by atoms with van der Waals surface area (Å²) in [6, 6.07) is 15.1. The Morgan fingerprint density at radius 2 is 1.90 bits per heavy atom. The van der Waals surface area contributed by atoms with E-state index < -0.39 is 0 Å². The average Bonchev–Trinajstić information content (AvgIpc) is 2.69. The van der Waals surface area contributed by atoms with Crippen LogP contribution in [0, 0.1) is 6.92 Å². The van der Waals surface area contributed by atoms with E-state index in [1.165, 1.54) is 11.8 Å². The van der Waals surface area contributed by atoms with Crippen molar-refractivity contribution in [3.05, 3.63) is 72.1 Å². The van der Waals surface area contributed by atoms with Crippen molar-refractivity contribution in [1.29, 1.82) is 0 Å². The summed E-state index contributed by atoms with van der Waals surface area (Å²) in [5.74, 6) is 0.797. The molecule has 0 aliphatic heterocycles. The van der Waals surface area contributed by atoms with Crippen molar-refractivity contribution >= 4 is 23.5 Å². The summed E-state index contributed by atoms with van der Waals surface area (Å²) < 4.78 is 5.69. The van der Waals surface area contributed by atoms with E-state index in [1.54, 1.807) is 18.5 Å². The van der Waals surface area contributed by atoms with Gasteiger partial charge in [0.2, 0.25) is 0 Å². The third kappa shape index (κ3) is 6.50. The summed E-state index contributed by atoms with van der Waals surface area (Å²) in [6.45, 7) is 6.34. The van der Waals surface area contributed by atoms with Gasteiger partial charge < -0.3 is 15.4 Å². The van der Waals surface area contributed by atoms with Crippen LogP contribution in [0.25, 0.3) is 0 Å². The molecule has 2 N–H and O–H groups in total. The zero-order chi connectivity index (χ0) is 20.6. The summed E-state index contributed by atoms with van der Waals surface area (Å²) in [7, 11) is 0. The molecule has 0 saturated heterocycles. The Morgan fingerprint density at radius 1 is 1.10 bits per heavy atom. The number of aromatic nitrogens is 2. The second kappa shape index (κ2) is 9.93. The van der Waals surface area contributed by atoms with Crippen LogP contribution in [0.5, 0.6) is 5.75 Å². The third-order valence-corrected chi connectivity index (χ3v) is 4.80. The van der Waals surface area contributed by atoms with Gasteiger partial charge in [0.05, 0.1) is 6.10 Å². The number of hydrogen-bond acceptors (Lipinski definition) is 5. The smallest absolute Gasteiger partial charge is 0.319 e. The topological polar surface area (TPSA) is 76.1 Å². The minimum Gasteiger partial charge on any atom is -0.491 e. The Morgan fingerprint density at radius 3 is 2.62 bits per heavy atom. The third-order valence-electron chi connectivity index (χ3n) is 3.92. The normalized spacial score (nSPS) is 10.6. The number of hydrogen-bond donors (Lipinski definition) is 2. The molecule has 0 bridgehead atoms. The van der Waals surface area contributed by atoms with Crippen molar-refractivity contribution in [3.63, 3.8) is 0 Å². The van der Waals surface area contributed by atoms with Gasteiger partial charge in [0.1, 0.15) is 5.75 Å². The minimum absolute atomic E-state index is 0.110. The molecular formula is C22H24N4O2S. The van der Waals surface area contributed by atoms with E-state index in [1.807, 2.05) is 63.2 Å². The minimum atomic E-state index is -0.255. The molecule has 0 aliphatic rings. The summed E-state index contributed by atoms with van der Waals surface area (Å²) in [6.07, 6.45) is 3.54. The van der Waals surface area contributed by atoms with Crippen molar-refractivity contribution in [2.75, 3.05) is 5.32 Å². The number of aryl methyl sites for hydroxylation is 1. The molecule has 0 fully saturated rings. The van der Waals surface area contributed by atoms with Crippen LogP contribution in [0.1, 0.15) is 25.0 Å². The summed E-state index contributed by atoms with van der Waals surface area (Å²) in [5.41, 5.74) is 2.70.